The Morgan fingerprint density at radius 3 is 1.68 bits per heavy atom. The van der Waals surface area contributed by atoms with Crippen LogP contribution in [0, 0.1) is 0 Å². The summed E-state index contributed by atoms with van der Waals surface area (Å²) in [5, 5.41) is 24.8. The number of hydrogen-bond donors (Lipinski definition) is 4. The maximum absolute atomic E-state index is 8.52. The number of allylic oxidation sites excluding steroid dienone is 2. The number of hydrogen-bond acceptors (Lipinski definition) is 5. The average Bonchev–Trinajstić information content (AvgIpc) is 2.28. The molecule has 5 nitrogen and oxygen atoms in total. The Labute approximate surface area is 116 Å². The molecule has 1 rings (SSSR count). The van der Waals surface area contributed by atoms with Crippen LogP contribution in [0.25, 0.3) is 0 Å². The third kappa shape index (κ3) is 26.8. The van der Waals surface area contributed by atoms with E-state index in [-0.39, 0.29) is 6.04 Å². The van der Waals surface area contributed by atoms with E-state index in [1.807, 2.05) is 24.3 Å². The zero-order chi connectivity index (χ0) is 15.5. The average molecular weight is 275 g/mol. The van der Waals surface area contributed by atoms with Crippen LogP contribution in [0.2, 0.25) is 0 Å². The van der Waals surface area contributed by atoms with Crippen molar-refractivity contribution in [1.29, 1.82) is 0 Å². The normalized spacial score (nSPS) is 18.1. The zero-order valence-corrected chi connectivity index (χ0v) is 12.8. The molecule has 0 saturated carbocycles. The Kier molecular flexibility index (Phi) is 11.0. The van der Waals surface area contributed by atoms with Gasteiger partial charge in [-0.25, -0.2) is 4.89 Å². The molecule has 0 aromatic heterocycles. The van der Waals surface area contributed by atoms with Crippen molar-refractivity contribution in [2.75, 3.05) is 0 Å². The smallest absolute Gasteiger partial charge is 0.0949 e. The lowest BCUT2D eigenvalue weighted by Crippen LogP contribution is -2.23. The largest absolute Gasteiger partial charge is 0.391 e. The van der Waals surface area contributed by atoms with Gasteiger partial charge in [0.15, 0.2) is 0 Å². The lowest BCUT2D eigenvalue weighted by Gasteiger charge is -2.10. The topological polar surface area (TPSA) is 82.0 Å². The minimum absolute atomic E-state index is 0.125. The summed E-state index contributed by atoms with van der Waals surface area (Å²) >= 11 is 0. The van der Waals surface area contributed by atoms with Crippen molar-refractivity contribution >= 4 is 0 Å². The Hall–Kier alpha value is -0.720. The van der Waals surface area contributed by atoms with Crippen LogP contribution in [0.4, 0.5) is 0 Å². The molecule has 1 unspecified atom stereocenters. The van der Waals surface area contributed by atoms with E-state index in [0.717, 1.165) is 6.42 Å². The van der Waals surface area contributed by atoms with Gasteiger partial charge in [0.25, 0.3) is 0 Å². The zero-order valence-electron chi connectivity index (χ0n) is 12.8. The Bertz CT molecular complexity index is 256. The predicted molar refractivity (Wildman–Crippen MR) is 77.0 cm³/mol. The summed E-state index contributed by atoms with van der Waals surface area (Å²) in [6, 6.07) is 0.125. The molecule has 4 N–H and O–H groups in total. The maximum atomic E-state index is 8.52. The van der Waals surface area contributed by atoms with Crippen LogP contribution < -0.4 is 5.48 Å². The molecular weight excluding hydrogens is 246 g/mol. The molecule has 0 aromatic rings. The Balaban J connectivity index is 0. The van der Waals surface area contributed by atoms with Crippen LogP contribution in [-0.4, -0.2) is 32.8 Å². The molecule has 114 valence electrons. The van der Waals surface area contributed by atoms with E-state index >= 15 is 0 Å². The molecular formula is C14H29NO4. The van der Waals surface area contributed by atoms with Crippen LogP contribution in [0.3, 0.4) is 0 Å². The SMILES string of the molecule is CC(C)(C)O.CC(C)(C)OO.ONC1C=CC=CC1. The summed E-state index contributed by atoms with van der Waals surface area (Å²) < 4.78 is 0. The molecule has 0 aromatic carbocycles. The van der Waals surface area contributed by atoms with Gasteiger partial charge in [0.1, 0.15) is 0 Å². The van der Waals surface area contributed by atoms with Gasteiger partial charge in [0, 0.05) is 0 Å². The van der Waals surface area contributed by atoms with Gasteiger partial charge in [-0.1, -0.05) is 24.3 Å². The molecule has 0 heterocycles. The van der Waals surface area contributed by atoms with E-state index in [4.69, 9.17) is 15.6 Å². The molecule has 0 spiro atoms. The second-order valence-electron chi connectivity index (χ2n) is 6.16. The highest BCUT2D eigenvalue weighted by Crippen LogP contribution is 2.02. The fraction of sp³-hybridized carbons (Fsp3) is 0.714. The first-order chi connectivity index (χ1) is 8.49. The third-order valence-electron chi connectivity index (χ3n) is 1.42. The van der Waals surface area contributed by atoms with Crippen LogP contribution in [-0.2, 0) is 4.89 Å². The van der Waals surface area contributed by atoms with E-state index in [9.17, 15) is 0 Å². The van der Waals surface area contributed by atoms with Crippen molar-refractivity contribution < 1.29 is 20.5 Å². The standard InChI is InChI=1S/C6H9NO.C4H10O2.C4H10O/c8-7-6-4-2-1-3-5-6;1-4(2,3)6-5;1-4(2,3)5/h1-4,6-8H,5H2;5H,1-3H3;5H,1-3H3. The molecule has 1 aliphatic rings. The van der Waals surface area contributed by atoms with E-state index in [0.29, 0.717) is 0 Å². The van der Waals surface area contributed by atoms with Gasteiger partial charge in [0.2, 0.25) is 0 Å². The molecule has 19 heavy (non-hydrogen) atoms. The van der Waals surface area contributed by atoms with E-state index in [1.165, 1.54) is 0 Å². The van der Waals surface area contributed by atoms with Crippen molar-refractivity contribution in [3.8, 4) is 0 Å². The maximum Gasteiger partial charge on any atom is 0.0949 e. The molecule has 1 aliphatic carbocycles. The van der Waals surface area contributed by atoms with Gasteiger partial charge >= 0.3 is 0 Å². The number of hydroxylamine groups is 1. The summed E-state index contributed by atoms with van der Waals surface area (Å²) in [6.07, 6.45) is 8.69. The molecule has 0 saturated heterocycles. The molecule has 5 heteroatoms. The minimum atomic E-state index is -0.500. The van der Waals surface area contributed by atoms with Crippen molar-refractivity contribution in [1.82, 2.24) is 5.48 Å². The third-order valence-corrected chi connectivity index (χ3v) is 1.42. The highest BCUT2D eigenvalue weighted by molar-refractivity contribution is 5.12. The van der Waals surface area contributed by atoms with E-state index < -0.39 is 11.2 Å². The highest BCUT2D eigenvalue weighted by Gasteiger charge is 2.07. The van der Waals surface area contributed by atoms with Gasteiger partial charge < -0.3 is 10.3 Å². The van der Waals surface area contributed by atoms with Crippen LogP contribution >= 0.6 is 0 Å². The Morgan fingerprint density at radius 2 is 1.53 bits per heavy atom. The second-order valence-corrected chi connectivity index (χ2v) is 6.16. The van der Waals surface area contributed by atoms with Crippen LogP contribution in [0.5, 0.6) is 0 Å². The van der Waals surface area contributed by atoms with E-state index in [2.05, 4.69) is 10.4 Å². The first-order valence-corrected chi connectivity index (χ1v) is 6.27. The van der Waals surface area contributed by atoms with Crippen molar-refractivity contribution in [3.63, 3.8) is 0 Å². The van der Waals surface area contributed by atoms with E-state index in [1.54, 1.807) is 41.5 Å². The van der Waals surface area contributed by atoms with Gasteiger partial charge in [-0.3, -0.25) is 5.26 Å². The lowest BCUT2D eigenvalue weighted by atomic mass is 10.1. The molecule has 0 aliphatic heterocycles. The van der Waals surface area contributed by atoms with Crippen molar-refractivity contribution in [2.24, 2.45) is 0 Å². The predicted octanol–water partition coefficient (Wildman–Crippen LogP) is 2.90. The van der Waals surface area contributed by atoms with Crippen LogP contribution in [0.1, 0.15) is 48.0 Å². The van der Waals surface area contributed by atoms with Gasteiger partial charge in [0.05, 0.1) is 17.2 Å². The van der Waals surface area contributed by atoms with Crippen LogP contribution in [0.15, 0.2) is 24.3 Å². The Morgan fingerprint density at radius 1 is 1.11 bits per heavy atom. The molecule has 0 bridgehead atoms. The van der Waals surface area contributed by atoms with Crippen molar-refractivity contribution in [3.05, 3.63) is 24.3 Å². The summed E-state index contributed by atoms with van der Waals surface area (Å²) in [5.41, 5.74) is 1.26. The second kappa shape index (κ2) is 10.1. The summed E-state index contributed by atoms with van der Waals surface area (Å²) in [7, 11) is 0. The molecule has 1 atom stereocenters. The number of rotatable bonds is 1. The lowest BCUT2D eigenvalue weighted by molar-refractivity contribution is -0.306. The summed E-state index contributed by atoms with van der Waals surface area (Å²) in [5.74, 6) is 0. The number of aliphatic hydroxyl groups is 1. The first kappa shape index (κ1) is 20.6. The van der Waals surface area contributed by atoms with Gasteiger partial charge in [-0.2, -0.15) is 5.48 Å². The molecule has 0 radical (unpaired) electrons. The fourth-order valence-corrected chi connectivity index (χ4v) is 0.676. The first-order valence-electron chi connectivity index (χ1n) is 6.27. The quantitative estimate of drug-likeness (QED) is 0.437. The highest BCUT2D eigenvalue weighted by atomic mass is 17.1. The molecule has 0 amide bonds. The fourth-order valence-electron chi connectivity index (χ4n) is 0.676. The summed E-state index contributed by atoms with van der Waals surface area (Å²) in [4.78, 5) is 3.94. The van der Waals surface area contributed by atoms with Crippen molar-refractivity contribution in [2.45, 2.75) is 65.2 Å². The monoisotopic (exact) mass is 275 g/mol. The van der Waals surface area contributed by atoms with Gasteiger partial charge in [-0.05, 0) is 48.0 Å². The van der Waals surface area contributed by atoms with Gasteiger partial charge in [-0.15, -0.1) is 0 Å². The number of nitrogens with one attached hydrogen (secondary N) is 1. The minimum Gasteiger partial charge on any atom is -0.391 e. The molecule has 0 fully saturated rings. The summed E-state index contributed by atoms with van der Waals surface area (Å²) in [6.45, 7) is 10.5.